The molecule has 5 heteroatoms. The number of hydrogen-bond acceptors (Lipinski definition) is 4. The molecule has 0 aliphatic heterocycles. The number of hydrogen-bond donors (Lipinski definition) is 2. The zero-order valence-electron chi connectivity index (χ0n) is 13.5. The average Bonchev–Trinajstić information content (AvgIpc) is 2.43. The molecule has 116 valence electrons. The lowest BCUT2D eigenvalue weighted by Crippen LogP contribution is -2.44. The maximum Gasteiger partial charge on any atom is 0.136 e. The number of fused-ring (bicyclic) bond motifs is 1. The number of nitrogens with zero attached hydrogens (tertiary/aromatic N) is 2. The van der Waals surface area contributed by atoms with E-state index in [1.807, 2.05) is 0 Å². The molecule has 2 rings (SSSR count). The quantitative estimate of drug-likeness (QED) is 0.818. The number of aromatic nitrogens is 1. The number of aryl methyl sites for hydroxylation is 2. The van der Waals surface area contributed by atoms with Crippen molar-refractivity contribution in [3.63, 3.8) is 0 Å². The minimum atomic E-state index is 0.0328. The van der Waals surface area contributed by atoms with E-state index < -0.39 is 0 Å². The Balaban J connectivity index is 2.27. The highest BCUT2D eigenvalue weighted by Gasteiger charge is 2.22. The minimum absolute atomic E-state index is 0.0328. The Labute approximate surface area is 133 Å². The summed E-state index contributed by atoms with van der Waals surface area (Å²) >= 11 is 5.20. The molecule has 4 nitrogen and oxygen atoms in total. The van der Waals surface area contributed by atoms with E-state index in [1.54, 1.807) is 0 Å². The second-order valence-electron chi connectivity index (χ2n) is 6.62. The van der Waals surface area contributed by atoms with Crippen molar-refractivity contribution in [3.8, 4) is 0 Å². The Morgan fingerprint density at radius 3 is 2.67 bits per heavy atom. The van der Waals surface area contributed by atoms with Gasteiger partial charge in [-0.1, -0.05) is 12.2 Å². The molecule has 0 saturated heterocycles. The fraction of sp³-hybridized carbons (Fsp3) is 0.625. The standard InChI is InChI=1S/C16H26N4S/c1-16(2,20(3)4)10-18-15-12(14(17)21)9-11-7-5-6-8-13(11)19-15/h9H,5-8,10H2,1-4H3,(H2,17,21)(H,18,19). The van der Waals surface area contributed by atoms with Gasteiger partial charge in [0, 0.05) is 17.8 Å². The van der Waals surface area contributed by atoms with Crippen molar-refractivity contribution in [2.45, 2.75) is 45.1 Å². The molecule has 1 aliphatic rings. The van der Waals surface area contributed by atoms with Crippen LogP contribution in [0.3, 0.4) is 0 Å². The molecule has 0 saturated carbocycles. The number of nitrogens with one attached hydrogen (secondary N) is 1. The first-order valence-corrected chi connectivity index (χ1v) is 7.96. The smallest absolute Gasteiger partial charge is 0.136 e. The van der Waals surface area contributed by atoms with Crippen molar-refractivity contribution in [2.75, 3.05) is 26.0 Å². The average molecular weight is 306 g/mol. The molecule has 0 atom stereocenters. The van der Waals surface area contributed by atoms with E-state index in [1.165, 1.54) is 24.1 Å². The number of anilines is 1. The topological polar surface area (TPSA) is 54.2 Å². The van der Waals surface area contributed by atoms with Crippen LogP contribution in [0.5, 0.6) is 0 Å². The van der Waals surface area contributed by atoms with Gasteiger partial charge < -0.3 is 16.0 Å². The SMILES string of the molecule is CN(C)C(C)(C)CNc1nc2c(cc1C(N)=S)CCCC2. The summed E-state index contributed by atoms with van der Waals surface area (Å²) in [5.41, 5.74) is 9.30. The summed E-state index contributed by atoms with van der Waals surface area (Å²) in [6.07, 6.45) is 4.58. The van der Waals surface area contributed by atoms with E-state index in [2.05, 4.69) is 44.2 Å². The van der Waals surface area contributed by atoms with Gasteiger partial charge in [-0.25, -0.2) is 4.98 Å². The Bertz CT molecular complexity index is 537. The molecule has 0 aromatic carbocycles. The van der Waals surface area contributed by atoms with E-state index in [-0.39, 0.29) is 5.54 Å². The van der Waals surface area contributed by atoms with Gasteiger partial charge in [0.05, 0.1) is 5.56 Å². The van der Waals surface area contributed by atoms with Gasteiger partial charge in [0.2, 0.25) is 0 Å². The first kappa shape index (κ1) is 16.2. The third kappa shape index (κ3) is 3.71. The summed E-state index contributed by atoms with van der Waals surface area (Å²) in [7, 11) is 4.16. The summed E-state index contributed by atoms with van der Waals surface area (Å²) < 4.78 is 0. The summed E-state index contributed by atoms with van der Waals surface area (Å²) in [5.74, 6) is 0.832. The largest absolute Gasteiger partial charge is 0.389 e. The van der Waals surface area contributed by atoms with E-state index in [4.69, 9.17) is 22.9 Å². The predicted octanol–water partition coefficient (Wildman–Crippen LogP) is 2.35. The second-order valence-corrected chi connectivity index (χ2v) is 7.06. The molecule has 1 aliphatic carbocycles. The summed E-state index contributed by atoms with van der Waals surface area (Å²) in [4.78, 5) is 7.41. The van der Waals surface area contributed by atoms with Gasteiger partial charge in [0.25, 0.3) is 0 Å². The van der Waals surface area contributed by atoms with Gasteiger partial charge in [-0.3, -0.25) is 0 Å². The van der Waals surface area contributed by atoms with Crippen molar-refractivity contribution in [2.24, 2.45) is 5.73 Å². The highest BCUT2D eigenvalue weighted by Crippen LogP contribution is 2.25. The number of thiocarbonyl (C=S) groups is 1. The zero-order valence-corrected chi connectivity index (χ0v) is 14.3. The molecule has 0 unspecified atom stereocenters. The van der Waals surface area contributed by atoms with E-state index in [0.29, 0.717) is 4.99 Å². The lowest BCUT2D eigenvalue weighted by molar-refractivity contribution is 0.210. The van der Waals surface area contributed by atoms with Gasteiger partial charge in [-0.15, -0.1) is 0 Å². The molecule has 0 spiro atoms. The van der Waals surface area contributed by atoms with Crippen LogP contribution in [0, 0.1) is 0 Å². The third-order valence-corrected chi connectivity index (χ3v) is 4.69. The van der Waals surface area contributed by atoms with Crippen LogP contribution in [0.25, 0.3) is 0 Å². The second kappa shape index (κ2) is 6.28. The molecule has 1 aromatic heterocycles. The summed E-state index contributed by atoms with van der Waals surface area (Å²) in [6, 6.07) is 2.13. The highest BCUT2D eigenvalue weighted by molar-refractivity contribution is 7.80. The molecule has 0 fully saturated rings. The molecular formula is C16H26N4S. The molecular weight excluding hydrogens is 280 g/mol. The Kier molecular flexibility index (Phi) is 4.84. The van der Waals surface area contributed by atoms with Crippen LogP contribution < -0.4 is 11.1 Å². The molecule has 21 heavy (non-hydrogen) atoms. The van der Waals surface area contributed by atoms with E-state index in [0.717, 1.165) is 30.8 Å². The van der Waals surface area contributed by atoms with Crippen LogP contribution >= 0.6 is 12.2 Å². The molecule has 0 amide bonds. The minimum Gasteiger partial charge on any atom is -0.389 e. The van der Waals surface area contributed by atoms with Crippen molar-refractivity contribution in [3.05, 3.63) is 22.9 Å². The fourth-order valence-corrected chi connectivity index (χ4v) is 2.57. The first-order valence-electron chi connectivity index (χ1n) is 7.55. The molecule has 0 radical (unpaired) electrons. The van der Waals surface area contributed by atoms with Crippen LogP contribution in [-0.2, 0) is 12.8 Å². The Morgan fingerprint density at radius 2 is 2.05 bits per heavy atom. The number of nitrogens with two attached hydrogens (primary N) is 1. The Hall–Kier alpha value is -1.20. The van der Waals surface area contributed by atoms with Gasteiger partial charge in [0.15, 0.2) is 0 Å². The van der Waals surface area contributed by atoms with Crippen LogP contribution in [0.15, 0.2) is 6.07 Å². The van der Waals surface area contributed by atoms with Crippen LogP contribution in [0.1, 0.15) is 43.5 Å². The Morgan fingerprint density at radius 1 is 1.38 bits per heavy atom. The number of likely N-dealkylation sites (N-methyl/N-ethyl adjacent to an activating group) is 1. The number of pyridine rings is 1. The third-order valence-electron chi connectivity index (χ3n) is 4.47. The van der Waals surface area contributed by atoms with Gasteiger partial charge in [-0.05, 0) is 65.3 Å². The molecule has 1 heterocycles. The van der Waals surface area contributed by atoms with Crippen molar-refractivity contribution in [1.82, 2.24) is 9.88 Å². The monoisotopic (exact) mass is 306 g/mol. The van der Waals surface area contributed by atoms with Gasteiger partial charge >= 0.3 is 0 Å². The maximum atomic E-state index is 5.89. The lowest BCUT2D eigenvalue weighted by atomic mass is 9.94. The normalized spacial score (nSPS) is 14.9. The predicted molar refractivity (Wildman–Crippen MR) is 93.0 cm³/mol. The molecule has 3 N–H and O–H groups in total. The van der Waals surface area contributed by atoms with Crippen LogP contribution in [0.2, 0.25) is 0 Å². The molecule has 1 aromatic rings. The van der Waals surface area contributed by atoms with Gasteiger partial charge in [0.1, 0.15) is 10.8 Å². The van der Waals surface area contributed by atoms with Crippen molar-refractivity contribution >= 4 is 23.0 Å². The van der Waals surface area contributed by atoms with Crippen molar-refractivity contribution in [1.29, 1.82) is 0 Å². The number of rotatable bonds is 5. The maximum absolute atomic E-state index is 5.89. The lowest BCUT2D eigenvalue weighted by Gasteiger charge is -2.33. The van der Waals surface area contributed by atoms with Crippen molar-refractivity contribution < 1.29 is 0 Å². The van der Waals surface area contributed by atoms with Crippen LogP contribution in [-0.4, -0.2) is 41.1 Å². The van der Waals surface area contributed by atoms with Crippen LogP contribution in [0.4, 0.5) is 5.82 Å². The summed E-state index contributed by atoms with van der Waals surface area (Å²) in [5, 5.41) is 3.45. The van der Waals surface area contributed by atoms with Gasteiger partial charge in [-0.2, -0.15) is 0 Å². The zero-order chi connectivity index (χ0) is 15.6. The summed E-state index contributed by atoms with van der Waals surface area (Å²) in [6.45, 7) is 5.18. The van der Waals surface area contributed by atoms with E-state index >= 15 is 0 Å². The van der Waals surface area contributed by atoms with E-state index in [9.17, 15) is 0 Å². The molecule has 0 bridgehead atoms. The first-order chi connectivity index (χ1) is 9.81. The fourth-order valence-electron chi connectivity index (χ4n) is 2.41. The highest BCUT2D eigenvalue weighted by atomic mass is 32.1.